The molecule has 0 atom stereocenters. The third-order valence-corrected chi connectivity index (χ3v) is 3.49. The molecule has 0 bridgehead atoms. The molecule has 0 saturated heterocycles. The molecule has 1 amide bonds. The molecule has 6 nitrogen and oxygen atoms in total. The minimum absolute atomic E-state index is 0.0834. The number of hydrogen-bond acceptors (Lipinski definition) is 4. The lowest BCUT2D eigenvalue weighted by atomic mass is 10.1. The SMILES string of the molecule is CN(CC(=O)Nc1ccn(C)n1)Cc1cnc2ccccc2c1. The third-order valence-electron chi connectivity index (χ3n) is 3.49. The number of anilines is 1. The van der Waals surface area contributed by atoms with E-state index < -0.39 is 0 Å². The van der Waals surface area contributed by atoms with Gasteiger partial charge < -0.3 is 5.32 Å². The molecule has 0 aliphatic heterocycles. The van der Waals surface area contributed by atoms with Crippen molar-refractivity contribution >= 4 is 22.6 Å². The van der Waals surface area contributed by atoms with Crippen molar-refractivity contribution in [3.63, 3.8) is 0 Å². The van der Waals surface area contributed by atoms with Crippen molar-refractivity contribution in [1.82, 2.24) is 19.7 Å². The monoisotopic (exact) mass is 309 g/mol. The summed E-state index contributed by atoms with van der Waals surface area (Å²) in [5, 5.41) is 8.02. The van der Waals surface area contributed by atoms with Crippen LogP contribution in [0, 0.1) is 0 Å². The fourth-order valence-electron chi connectivity index (χ4n) is 2.48. The van der Waals surface area contributed by atoms with Crippen LogP contribution < -0.4 is 5.32 Å². The first kappa shape index (κ1) is 15.2. The van der Waals surface area contributed by atoms with Crippen molar-refractivity contribution in [2.75, 3.05) is 18.9 Å². The Morgan fingerprint density at radius 3 is 2.91 bits per heavy atom. The molecule has 3 aromatic rings. The van der Waals surface area contributed by atoms with Gasteiger partial charge in [-0.2, -0.15) is 5.10 Å². The van der Waals surface area contributed by atoms with E-state index >= 15 is 0 Å². The number of rotatable bonds is 5. The number of likely N-dealkylation sites (N-methyl/N-ethyl adjacent to an activating group) is 1. The molecule has 0 fully saturated rings. The highest BCUT2D eigenvalue weighted by Gasteiger charge is 2.09. The van der Waals surface area contributed by atoms with Crippen molar-refractivity contribution in [3.8, 4) is 0 Å². The predicted molar refractivity (Wildman–Crippen MR) is 89.9 cm³/mol. The van der Waals surface area contributed by atoms with Crippen LogP contribution in [-0.2, 0) is 18.4 Å². The van der Waals surface area contributed by atoms with Crippen LogP contribution in [0.2, 0.25) is 0 Å². The molecule has 6 heteroatoms. The second kappa shape index (κ2) is 6.58. The van der Waals surface area contributed by atoms with Gasteiger partial charge in [-0.25, -0.2) is 0 Å². The second-order valence-electron chi connectivity index (χ2n) is 5.63. The highest BCUT2D eigenvalue weighted by molar-refractivity contribution is 5.91. The first-order valence-electron chi connectivity index (χ1n) is 7.42. The maximum Gasteiger partial charge on any atom is 0.239 e. The lowest BCUT2D eigenvalue weighted by Gasteiger charge is -2.16. The Hall–Kier alpha value is -2.73. The average Bonchev–Trinajstić information content (AvgIpc) is 2.91. The van der Waals surface area contributed by atoms with Gasteiger partial charge >= 0.3 is 0 Å². The maximum atomic E-state index is 12.0. The zero-order chi connectivity index (χ0) is 16.2. The summed E-state index contributed by atoms with van der Waals surface area (Å²) >= 11 is 0. The fourth-order valence-corrected chi connectivity index (χ4v) is 2.48. The molecule has 23 heavy (non-hydrogen) atoms. The van der Waals surface area contributed by atoms with Crippen LogP contribution in [-0.4, -0.2) is 39.2 Å². The largest absolute Gasteiger partial charge is 0.308 e. The number of para-hydroxylation sites is 1. The van der Waals surface area contributed by atoms with Crippen LogP contribution in [0.15, 0.2) is 48.8 Å². The average molecular weight is 309 g/mol. The van der Waals surface area contributed by atoms with Crippen LogP contribution in [0.5, 0.6) is 0 Å². The van der Waals surface area contributed by atoms with Crippen molar-refractivity contribution < 1.29 is 4.79 Å². The van der Waals surface area contributed by atoms with E-state index in [-0.39, 0.29) is 5.91 Å². The molecule has 0 radical (unpaired) electrons. The molecular formula is C17H19N5O. The van der Waals surface area contributed by atoms with E-state index in [0.717, 1.165) is 16.5 Å². The van der Waals surface area contributed by atoms with Crippen LogP contribution in [0.25, 0.3) is 10.9 Å². The molecule has 1 aromatic carbocycles. The summed E-state index contributed by atoms with van der Waals surface area (Å²) in [6.45, 7) is 0.955. The van der Waals surface area contributed by atoms with Crippen LogP contribution in [0.1, 0.15) is 5.56 Å². The zero-order valence-electron chi connectivity index (χ0n) is 13.2. The number of benzene rings is 1. The molecule has 1 N–H and O–H groups in total. The molecule has 2 aromatic heterocycles. The van der Waals surface area contributed by atoms with Gasteiger partial charge in [0.25, 0.3) is 0 Å². The molecule has 118 valence electrons. The van der Waals surface area contributed by atoms with Gasteiger partial charge in [0.15, 0.2) is 5.82 Å². The van der Waals surface area contributed by atoms with Gasteiger partial charge in [0.05, 0.1) is 12.1 Å². The number of carbonyl (C=O) groups excluding carboxylic acids is 1. The van der Waals surface area contributed by atoms with Gasteiger partial charge in [0, 0.05) is 37.4 Å². The van der Waals surface area contributed by atoms with E-state index in [9.17, 15) is 4.79 Å². The molecule has 3 rings (SSSR count). The van der Waals surface area contributed by atoms with Gasteiger partial charge in [-0.3, -0.25) is 19.4 Å². The van der Waals surface area contributed by atoms with E-state index in [1.165, 1.54) is 0 Å². The summed E-state index contributed by atoms with van der Waals surface area (Å²) in [6.07, 6.45) is 3.65. The normalized spacial score (nSPS) is 11.1. The van der Waals surface area contributed by atoms with Gasteiger partial charge in [0.1, 0.15) is 0 Å². The molecule has 0 aliphatic rings. The van der Waals surface area contributed by atoms with E-state index in [4.69, 9.17) is 0 Å². The first-order chi connectivity index (χ1) is 11.1. The van der Waals surface area contributed by atoms with Gasteiger partial charge in [-0.15, -0.1) is 0 Å². The molecule has 0 spiro atoms. The van der Waals surface area contributed by atoms with Gasteiger partial charge in [0.2, 0.25) is 5.91 Å². The highest BCUT2D eigenvalue weighted by Crippen LogP contribution is 2.13. The second-order valence-corrected chi connectivity index (χ2v) is 5.63. The zero-order valence-corrected chi connectivity index (χ0v) is 13.2. The van der Waals surface area contributed by atoms with Crippen LogP contribution >= 0.6 is 0 Å². The van der Waals surface area contributed by atoms with E-state index in [1.807, 2.05) is 49.5 Å². The molecular weight excluding hydrogens is 290 g/mol. The number of amides is 1. The van der Waals surface area contributed by atoms with Gasteiger partial charge in [-0.05, 0) is 24.7 Å². The summed E-state index contributed by atoms with van der Waals surface area (Å²) in [6, 6.07) is 11.9. The first-order valence-corrected chi connectivity index (χ1v) is 7.42. The smallest absolute Gasteiger partial charge is 0.239 e. The maximum absolute atomic E-state index is 12.0. The Labute approximate surface area is 134 Å². The predicted octanol–water partition coefficient (Wildman–Crippen LogP) is 2.04. The number of aromatic nitrogens is 3. The standard InChI is InChI=1S/C17H19N5O/c1-21(12-17(23)19-16-7-8-22(2)20-16)11-13-9-14-5-3-4-6-15(14)18-10-13/h3-10H,11-12H2,1-2H3,(H,19,20,23). The third kappa shape index (κ3) is 3.92. The van der Waals surface area contributed by atoms with Crippen molar-refractivity contribution in [3.05, 3.63) is 54.4 Å². The van der Waals surface area contributed by atoms with Gasteiger partial charge in [-0.1, -0.05) is 18.2 Å². The van der Waals surface area contributed by atoms with Crippen LogP contribution in [0.3, 0.4) is 0 Å². The van der Waals surface area contributed by atoms with E-state index in [2.05, 4.69) is 21.5 Å². The van der Waals surface area contributed by atoms with E-state index in [1.54, 1.807) is 16.9 Å². The minimum atomic E-state index is -0.0834. The highest BCUT2D eigenvalue weighted by atomic mass is 16.2. The topological polar surface area (TPSA) is 63.1 Å². The number of hydrogen-bond donors (Lipinski definition) is 1. The summed E-state index contributed by atoms with van der Waals surface area (Å²) in [4.78, 5) is 18.4. The Balaban J connectivity index is 1.59. The quantitative estimate of drug-likeness (QED) is 0.783. The number of nitrogens with one attached hydrogen (secondary N) is 1. The molecule has 0 unspecified atom stereocenters. The summed E-state index contributed by atoms with van der Waals surface area (Å²) < 4.78 is 1.65. The number of carbonyl (C=O) groups is 1. The van der Waals surface area contributed by atoms with E-state index in [0.29, 0.717) is 18.9 Å². The Morgan fingerprint density at radius 2 is 2.13 bits per heavy atom. The summed E-state index contributed by atoms with van der Waals surface area (Å²) in [5.41, 5.74) is 2.06. The number of aryl methyl sites for hydroxylation is 1. The van der Waals surface area contributed by atoms with Crippen molar-refractivity contribution in [2.45, 2.75) is 6.54 Å². The Bertz CT molecular complexity index is 826. The molecule has 0 aliphatic carbocycles. The number of fused-ring (bicyclic) bond motifs is 1. The van der Waals surface area contributed by atoms with Crippen LogP contribution in [0.4, 0.5) is 5.82 Å². The summed E-state index contributed by atoms with van der Waals surface area (Å²) in [5.74, 6) is 0.484. The summed E-state index contributed by atoms with van der Waals surface area (Å²) in [7, 11) is 3.72. The lowest BCUT2D eigenvalue weighted by Crippen LogP contribution is -2.30. The van der Waals surface area contributed by atoms with Crippen molar-refractivity contribution in [1.29, 1.82) is 0 Å². The molecule has 2 heterocycles. The molecule has 0 saturated carbocycles. The Kier molecular flexibility index (Phi) is 4.34. The lowest BCUT2D eigenvalue weighted by molar-refractivity contribution is -0.117. The van der Waals surface area contributed by atoms with Crippen molar-refractivity contribution in [2.24, 2.45) is 7.05 Å². The minimum Gasteiger partial charge on any atom is -0.308 e. The Morgan fingerprint density at radius 1 is 1.30 bits per heavy atom. The number of pyridine rings is 1. The fraction of sp³-hybridized carbons (Fsp3) is 0.235. The number of nitrogens with zero attached hydrogens (tertiary/aromatic N) is 4.